The van der Waals surface area contributed by atoms with Crippen LogP contribution in [-0.2, 0) is 11.2 Å². The van der Waals surface area contributed by atoms with Gasteiger partial charge in [-0.2, -0.15) is 0 Å². The van der Waals surface area contributed by atoms with Crippen molar-refractivity contribution in [1.82, 2.24) is 15.6 Å². The molecule has 2 amide bonds. The van der Waals surface area contributed by atoms with E-state index in [1.54, 1.807) is 38.3 Å². The van der Waals surface area contributed by atoms with Crippen LogP contribution in [-0.4, -0.2) is 42.3 Å². The Bertz CT molecular complexity index is 818. The molecule has 0 bridgehead atoms. The fourth-order valence-electron chi connectivity index (χ4n) is 2.36. The average Bonchev–Trinajstić information content (AvgIpc) is 3.13. The van der Waals surface area contributed by atoms with Gasteiger partial charge in [-0.15, -0.1) is 11.3 Å². The van der Waals surface area contributed by atoms with Gasteiger partial charge in [0.25, 0.3) is 5.91 Å². The number of nitrogens with one attached hydrogen (secondary N) is 2. The first-order valence-electron chi connectivity index (χ1n) is 9.81. The fraction of sp³-hybridized carbons (Fsp3) is 0.476. The number of aromatic nitrogens is 1. The molecule has 164 valence electrons. The van der Waals surface area contributed by atoms with Gasteiger partial charge in [0.1, 0.15) is 22.9 Å². The normalized spacial score (nSPS) is 11.1. The Balaban J connectivity index is 1.59. The molecule has 0 atom stereocenters. The van der Waals surface area contributed by atoms with Crippen molar-refractivity contribution < 1.29 is 23.5 Å². The number of benzene rings is 1. The van der Waals surface area contributed by atoms with Crippen LogP contribution in [0.15, 0.2) is 29.6 Å². The number of alkyl carbamates (subject to hydrolysis) is 1. The molecule has 30 heavy (non-hydrogen) atoms. The minimum absolute atomic E-state index is 0.225. The minimum atomic E-state index is -0.538. The maximum Gasteiger partial charge on any atom is 0.407 e. The Labute approximate surface area is 180 Å². The lowest BCUT2D eigenvalue weighted by Gasteiger charge is -2.19. The summed E-state index contributed by atoms with van der Waals surface area (Å²) in [6.45, 7) is 6.80. The highest BCUT2D eigenvalue weighted by Gasteiger charge is 2.16. The Kier molecular flexibility index (Phi) is 9.04. The molecule has 0 spiro atoms. The molecule has 0 unspecified atom stereocenters. The number of halogens is 1. The van der Waals surface area contributed by atoms with Crippen molar-refractivity contribution in [3.63, 3.8) is 0 Å². The maximum absolute atomic E-state index is 12.8. The zero-order chi connectivity index (χ0) is 22.0. The predicted molar refractivity (Wildman–Crippen MR) is 114 cm³/mol. The van der Waals surface area contributed by atoms with Crippen molar-refractivity contribution in [3.8, 4) is 5.75 Å². The van der Waals surface area contributed by atoms with Crippen molar-refractivity contribution in [2.75, 3.05) is 19.7 Å². The average molecular weight is 438 g/mol. The monoisotopic (exact) mass is 437 g/mol. The highest BCUT2D eigenvalue weighted by atomic mass is 32.1. The number of carbonyl (C=O) groups is 2. The molecule has 0 aliphatic heterocycles. The number of hydrogen-bond acceptors (Lipinski definition) is 6. The molecule has 9 heteroatoms. The number of thiazole rings is 1. The van der Waals surface area contributed by atoms with E-state index in [1.165, 1.54) is 23.5 Å². The topological polar surface area (TPSA) is 89.5 Å². The Morgan fingerprint density at radius 2 is 1.83 bits per heavy atom. The van der Waals surface area contributed by atoms with Crippen LogP contribution in [0.3, 0.4) is 0 Å². The standard InChI is InChI=1S/C21H28FN3O4S/c1-21(2,3)29-20(27)24-12-10-18-25-17(14-30-18)19(26)23-11-4-5-13-28-16-8-6-15(22)7-9-16/h6-9,14H,4-5,10-13H2,1-3H3,(H,23,26)(H,24,27). The quantitative estimate of drug-likeness (QED) is 0.550. The third kappa shape index (κ3) is 9.21. The van der Waals surface area contributed by atoms with Crippen LogP contribution < -0.4 is 15.4 Å². The first kappa shape index (κ1) is 23.6. The van der Waals surface area contributed by atoms with Crippen LogP contribution in [0.4, 0.5) is 9.18 Å². The van der Waals surface area contributed by atoms with E-state index in [0.29, 0.717) is 37.6 Å². The fourth-order valence-corrected chi connectivity index (χ4v) is 3.13. The molecule has 0 saturated carbocycles. The van der Waals surface area contributed by atoms with E-state index in [1.807, 2.05) is 0 Å². The summed E-state index contributed by atoms with van der Waals surface area (Å²) in [6.07, 6.45) is 1.57. The molecule has 2 aromatic rings. The molecule has 0 fully saturated rings. The van der Waals surface area contributed by atoms with E-state index in [0.717, 1.165) is 17.8 Å². The van der Waals surface area contributed by atoms with Crippen LogP contribution in [0, 0.1) is 5.82 Å². The molecule has 7 nitrogen and oxygen atoms in total. The highest BCUT2D eigenvalue weighted by molar-refractivity contribution is 7.09. The lowest BCUT2D eigenvalue weighted by Crippen LogP contribution is -2.33. The number of carbonyl (C=O) groups excluding carboxylic acids is 2. The summed E-state index contributed by atoms with van der Waals surface area (Å²) in [5.74, 6) is 0.100. The maximum atomic E-state index is 12.8. The molecule has 0 aliphatic carbocycles. The van der Waals surface area contributed by atoms with E-state index in [9.17, 15) is 14.0 Å². The molecule has 0 saturated heterocycles. The van der Waals surface area contributed by atoms with Crippen molar-refractivity contribution in [3.05, 3.63) is 46.2 Å². The number of unbranched alkanes of at least 4 members (excludes halogenated alkanes) is 1. The summed E-state index contributed by atoms with van der Waals surface area (Å²) in [5.41, 5.74) is -0.168. The molecule has 1 heterocycles. The van der Waals surface area contributed by atoms with E-state index in [4.69, 9.17) is 9.47 Å². The van der Waals surface area contributed by atoms with Crippen LogP contribution >= 0.6 is 11.3 Å². The molecule has 2 rings (SSSR count). The Morgan fingerprint density at radius 1 is 1.10 bits per heavy atom. The summed E-state index contributed by atoms with van der Waals surface area (Å²) >= 11 is 1.38. The summed E-state index contributed by atoms with van der Waals surface area (Å²) in [4.78, 5) is 28.1. The zero-order valence-corrected chi connectivity index (χ0v) is 18.3. The Hall–Kier alpha value is -2.68. The van der Waals surface area contributed by atoms with E-state index in [2.05, 4.69) is 15.6 Å². The summed E-state index contributed by atoms with van der Waals surface area (Å²) in [7, 11) is 0. The number of amides is 2. The van der Waals surface area contributed by atoms with Gasteiger partial charge in [-0.05, 0) is 57.9 Å². The largest absolute Gasteiger partial charge is 0.494 e. The third-order valence-electron chi connectivity index (χ3n) is 3.73. The van der Waals surface area contributed by atoms with Gasteiger partial charge >= 0.3 is 6.09 Å². The second-order valence-corrected chi connectivity index (χ2v) is 8.51. The predicted octanol–water partition coefficient (Wildman–Crippen LogP) is 3.94. The van der Waals surface area contributed by atoms with Crippen molar-refractivity contribution in [2.24, 2.45) is 0 Å². The van der Waals surface area contributed by atoms with Gasteiger partial charge in [-0.3, -0.25) is 4.79 Å². The highest BCUT2D eigenvalue weighted by Crippen LogP contribution is 2.12. The zero-order valence-electron chi connectivity index (χ0n) is 17.5. The summed E-state index contributed by atoms with van der Waals surface area (Å²) in [6, 6.07) is 5.87. The number of ether oxygens (including phenoxy) is 2. The van der Waals surface area contributed by atoms with Gasteiger partial charge in [-0.25, -0.2) is 14.2 Å². The molecule has 0 aliphatic rings. The van der Waals surface area contributed by atoms with Crippen molar-refractivity contribution >= 4 is 23.3 Å². The molecule has 2 N–H and O–H groups in total. The SMILES string of the molecule is CC(C)(C)OC(=O)NCCc1nc(C(=O)NCCCCOc2ccc(F)cc2)cs1. The van der Waals surface area contributed by atoms with Gasteiger partial charge in [0.05, 0.1) is 11.6 Å². The summed E-state index contributed by atoms with van der Waals surface area (Å²) < 4.78 is 23.5. The van der Waals surface area contributed by atoms with Gasteiger partial charge in [0.15, 0.2) is 0 Å². The molecule has 0 radical (unpaired) electrons. The first-order chi connectivity index (χ1) is 14.2. The Morgan fingerprint density at radius 3 is 2.53 bits per heavy atom. The van der Waals surface area contributed by atoms with Crippen LogP contribution in [0.2, 0.25) is 0 Å². The van der Waals surface area contributed by atoms with Crippen molar-refractivity contribution in [2.45, 2.75) is 45.6 Å². The first-order valence-corrected chi connectivity index (χ1v) is 10.7. The number of nitrogens with zero attached hydrogens (tertiary/aromatic N) is 1. The molecule has 1 aromatic carbocycles. The molecular weight excluding hydrogens is 409 g/mol. The second-order valence-electron chi connectivity index (χ2n) is 7.57. The van der Waals surface area contributed by atoms with E-state index >= 15 is 0 Å². The third-order valence-corrected chi connectivity index (χ3v) is 4.64. The van der Waals surface area contributed by atoms with Gasteiger partial charge < -0.3 is 20.1 Å². The van der Waals surface area contributed by atoms with E-state index in [-0.39, 0.29) is 11.7 Å². The lowest BCUT2D eigenvalue weighted by molar-refractivity contribution is 0.0528. The number of rotatable bonds is 10. The lowest BCUT2D eigenvalue weighted by atomic mass is 10.2. The van der Waals surface area contributed by atoms with Crippen LogP contribution in [0.1, 0.15) is 49.1 Å². The minimum Gasteiger partial charge on any atom is -0.494 e. The second kappa shape index (κ2) is 11.5. The number of hydrogen-bond donors (Lipinski definition) is 2. The molecular formula is C21H28FN3O4S. The van der Waals surface area contributed by atoms with E-state index < -0.39 is 11.7 Å². The van der Waals surface area contributed by atoms with Crippen LogP contribution in [0.5, 0.6) is 5.75 Å². The molecule has 1 aromatic heterocycles. The van der Waals surface area contributed by atoms with Gasteiger partial charge in [0, 0.05) is 24.9 Å². The van der Waals surface area contributed by atoms with Gasteiger partial charge in [-0.1, -0.05) is 0 Å². The smallest absolute Gasteiger partial charge is 0.407 e. The van der Waals surface area contributed by atoms with Crippen LogP contribution in [0.25, 0.3) is 0 Å². The van der Waals surface area contributed by atoms with Crippen molar-refractivity contribution in [1.29, 1.82) is 0 Å². The van der Waals surface area contributed by atoms with Gasteiger partial charge in [0.2, 0.25) is 0 Å². The summed E-state index contributed by atoms with van der Waals surface area (Å²) in [5, 5.41) is 7.97.